The molecule has 0 spiro atoms. The number of carbonyl (C=O) groups is 1. The Morgan fingerprint density at radius 3 is 2.58 bits per heavy atom. The summed E-state index contributed by atoms with van der Waals surface area (Å²) in [5.41, 5.74) is 7.62. The number of fused-ring (bicyclic) bond motifs is 1. The Kier molecular flexibility index (Phi) is 3.19. The van der Waals surface area contributed by atoms with Gasteiger partial charge in [0.15, 0.2) is 0 Å². The van der Waals surface area contributed by atoms with Crippen LogP contribution in [0, 0.1) is 5.92 Å². The van der Waals surface area contributed by atoms with E-state index in [9.17, 15) is 4.79 Å². The first-order chi connectivity index (χ1) is 9.19. The summed E-state index contributed by atoms with van der Waals surface area (Å²) in [7, 11) is 0. The second-order valence-electron chi connectivity index (χ2n) is 4.99. The van der Waals surface area contributed by atoms with Gasteiger partial charge < -0.3 is 10.6 Å². The first kappa shape index (κ1) is 12.5. The Bertz CT molecular complexity index is 641. The van der Waals surface area contributed by atoms with Crippen molar-refractivity contribution < 1.29 is 4.79 Å². The monoisotopic (exact) mass is 318 g/mol. The van der Waals surface area contributed by atoms with Gasteiger partial charge in [-0.1, -0.05) is 40.2 Å². The van der Waals surface area contributed by atoms with Gasteiger partial charge in [0.05, 0.1) is 11.4 Å². The SMILES string of the molecule is Nc1cc2ccccc2cc1N1CC(CBr)CC1=O. The number of hydrogen-bond acceptors (Lipinski definition) is 2. The minimum atomic E-state index is 0.159. The van der Waals surface area contributed by atoms with Gasteiger partial charge in [0, 0.05) is 18.3 Å². The summed E-state index contributed by atoms with van der Waals surface area (Å²) < 4.78 is 0. The molecule has 1 aliphatic rings. The number of nitrogens with zero attached hydrogens (tertiary/aromatic N) is 1. The number of anilines is 2. The molecule has 1 amide bonds. The summed E-state index contributed by atoms with van der Waals surface area (Å²) in [5.74, 6) is 0.532. The van der Waals surface area contributed by atoms with Crippen molar-refractivity contribution >= 4 is 44.0 Å². The molecule has 0 aliphatic carbocycles. The van der Waals surface area contributed by atoms with Gasteiger partial charge in [-0.25, -0.2) is 0 Å². The van der Waals surface area contributed by atoms with Gasteiger partial charge in [-0.2, -0.15) is 0 Å². The lowest BCUT2D eigenvalue weighted by Crippen LogP contribution is -2.25. The zero-order chi connectivity index (χ0) is 13.4. The Balaban J connectivity index is 2.05. The molecule has 3 nitrogen and oxygen atoms in total. The highest BCUT2D eigenvalue weighted by Gasteiger charge is 2.30. The summed E-state index contributed by atoms with van der Waals surface area (Å²) >= 11 is 3.45. The van der Waals surface area contributed by atoms with Crippen LogP contribution in [0.4, 0.5) is 11.4 Å². The minimum Gasteiger partial charge on any atom is -0.397 e. The molecule has 4 heteroatoms. The molecule has 1 fully saturated rings. The molecule has 1 unspecified atom stereocenters. The van der Waals surface area contributed by atoms with E-state index in [0.29, 0.717) is 18.0 Å². The number of alkyl halides is 1. The fourth-order valence-electron chi connectivity index (χ4n) is 2.60. The van der Waals surface area contributed by atoms with E-state index in [1.165, 1.54) is 0 Å². The third-order valence-electron chi connectivity index (χ3n) is 3.61. The predicted molar refractivity (Wildman–Crippen MR) is 82.6 cm³/mol. The fraction of sp³-hybridized carbons (Fsp3) is 0.267. The molecular formula is C15H15BrN2O. The second kappa shape index (κ2) is 4.85. The fourth-order valence-corrected chi connectivity index (χ4v) is 3.03. The second-order valence-corrected chi connectivity index (χ2v) is 5.63. The first-order valence-corrected chi connectivity index (χ1v) is 7.46. The normalized spacial score (nSPS) is 19.3. The molecule has 19 heavy (non-hydrogen) atoms. The Morgan fingerprint density at radius 2 is 1.95 bits per heavy atom. The first-order valence-electron chi connectivity index (χ1n) is 6.33. The quantitative estimate of drug-likeness (QED) is 0.683. The lowest BCUT2D eigenvalue weighted by Gasteiger charge is -2.19. The highest BCUT2D eigenvalue weighted by atomic mass is 79.9. The average molecular weight is 319 g/mol. The van der Waals surface area contributed by atoms with Crippen molar-refractivity contribution in [1.29, 1.82) is 0 Å². The molecule has 2 N–H and O–H groups in total. The number of benzene rings is 2. The molecule has 0 aromatic heterocycles. The number of nitrogens with two attached hydrogens (primary N) is 1. The van der Waals surface area contributed by atoms with Gasteiger partial charge >= 0.3 is 0 Å². The molecule has 0 radical (unpaired) electrons. The van der Waals surface area contributed by atoms with Crippen LogP contribution < -0.4 is 10.6 Å². The maximum Gasteiger partial charge on any atom is 0.227 e. The predicted octanol–water partition coefficient (Wildman–Crippen LogP) is 3.17. The van der Waals surface area contributed by atoms with Crippen LogP contribution in [0.15, 0.2) is 36.4 Å². The largest absolute Gasteiger partial charge is 0.397 e. The topological polar surface area (TPSA) is 46.3 Å². The molecule has 98 valence electrons. The zero-order valence-corrected chi connectivity index (χ0v) is 12.1. The summed E-state index contributed by atoms with van der Waals surface area (Å²) in [6.45, 7) is 0.743. The summed E-state index contributed by atoms with van der Waals surface area (Å²) in [6, 6.07) is 12.0. The van der Waals surface area contributed by atoms with Crippen LogP contribution in [0.5, 0.6) is 0 Å². The van der Waals surface area contributed by atoms with Crippen LogP contribution >= 0.6 is 15.9 Å². The number of carbonyl (C=O) groups excluding carboxylic acids is 1. The van der Waals surface area contributed by atoms with E-state index in [2.05, 4.69) is 15.9 Å². The smallest absolute Gasteiger partial charge is 0.227 e. The van der Waals surface area contributed by atoms with Gasteiger partial charge in [-0.15, -0.1) is 0 Å². The lowest BCUT2D eigenvalue weighted by atomic mass is 10.1. The van der Waals surface area contributed by atoms with Crippen molar-refractivity contribution in [3.63, 3.8) is 0 Å². The van der Waals surface area contributed by atoms with Crippen molar-refractivity contribution in [3.05, 3.63) is 36.4 Å². The highest BCUT2D eigenvalue weighted by Crippen LogP contribution is 2.33. The maximum atomic E-state index is 12.1. The summed E-state index contributed by atoms with van der Waals surface area (Å²) in [4.78, 5) is 13.9. The molecule has 1 saturated heterocycles. The van der Waals surface area contributed by atoms with Crippen LogP contribution in [-0.2, 0) is 4.79 Å². The standard InChI is InChI=1S/C15H15BrN2O/c16-8-10-5-15(19)18(9-10)14-7-12-4-2-1-3-11(12)6-13(14)17/h1-4,6-7,10H,5,8-9,17H2. The third kappa shape index (κ3) is 2.21. The van der Waals surface area contributed by atoms with E-state index in [4.69, 9.17) is 5.73 Å². The molecule has 1 heterocycles. The van der Waals surface area contributed by atoms with Crippen molar-refractivity contribution in [2.75, 3.05) is 22.5 Å². The van der Waals surface area contributed by atoms with Crippen molar-refractivity contribution in [3.8, 4) is 0 Å². The van der Waals surface area contributed by atoms with Gasteiger partial charge in [-0.3, -0.25) is 4.79 Å². The maximum absolute atomic E-state index is 12.1. The van der Waals surface area contributed by atoms with Crippen LogP contribution in [0.2, 0.25) is 0 Å². The van der Waals surface area contributed by atoms with Crippen LogP contribution in [-0.4, -0.2) is 17.8 Å². The van der Waals surface area contributed by atoms with Crippen LogP contribution in [0.25, 0.3) is 10.8 Å². The molecular weight excluding hydrogens is 304 g/mol. The van der Waals surface area contributed by atoms with Gasteiger partial charge in [0.25, 0.3) is 0 Å². The van der Waals surface area contributed by atoms with E-state index < -0.39 is 0 Å². The van der Waals surface area contributed by atoms with E-state index in [1.807, 2.05) is 41.3 Å². The minimum absolute atomic E-state index is 0.159. The van der Waals surface area contributed by atoms with E-state index >= 15 is 0 Å². The van der Waals surface area contributed by atoms with Crippen LogP contribution in [0.3, 0.4) is 0 Å². The highest BCUT2D eigenvalue weighted by molar-refractivity contribution is 9.09. The zero-order valence-electron chi connectivity index (χ0n) is 10.5. The molecule has 0 bridgehead atoms. The van der Waals surface area contributed by atoms with Crippen molar-refractivity contribution in [2.45, 2.75) is 6.42 Å². The number of halogens is 1. The number of amides is 1. The van der Waals surface area contributed by atoms with Crippen LogP contribution in [0.1, 0.15) is 6.42 Å². The van der Waals surface area contributed by atoms with Gasteiger partial charge in [-0.05, 0) is 28.8 Å². The molecule has 0 saturated carbocycles. The van der Waals surface area contributed by atoms with E-state index in [-0.39, 0.29) is 5.91 Å². The molecule has 2 aromatic rings. The van der Waals surface area contributed by atoms with E-state index in [0.717, 1.165) is 28.3 Å². The summed E-state index contributed by atoms with van der Waals surface area (Å²) in [5, 5.41) is 3.07. The number of hydrogen-bond donors (Lipinski definition) is 1. The van der Waals surface area contributed by atoms with Crippen molar-refractivity contribution in [2.24, 2.45) is 5.92 Å². The Labute approximate surface area is 120 Å². The van der Waals surface area contributed by atoms with Crippen molar-refractivity contribution in [1.82, 2.24) is 0 Å². The number of rotatable bonds is 2. The molecule has 3 rings (SSSR count). The summed E-state index contributed by atoms with van der Waals surface area (Å²) in [6.07, 6.45) is 0.595. The average Bonchev–Trinajstić information content (AvgIpc) is 2.79. The molecule has 1 aliphatic heterocycles. The van der Waals surface area contributed by atoms with Gasteiger partial charge in [0.1, 0.15) is 0 Å². The number of nitrogen functional groups attached to an aromatic ring is 1. The Hall–Kier alpha value is -1.55. The lowest BCUT2D eigenvalue weighted by molar-refractivity contribution is -0.117. The molecule has 2 aromatic carbocycles. The van der Waals surface area contributed by atoms with Gasteiger partial charge in [0.2, 0.25) is 5.91 Å². The Morgan fingerprint density at radius 1 is 1.26 bits per heavy atom. The third-order valence-corrected chi connectivity index (χ3v) is 4.52. The molecule has 1 atom stereocenters. The van der Waals surface area contributed by atoms with E-state index in [1.54, 1.807) is 0 Å².